The van der Waals surface area contributed by atoms with Crippen molar-refractivity contribution in [1.29, 1.82) is 0 Å². The standard InChI is InChI=1S/CH2O2S.CH2S3/c2*2-1(3)4/h4H,(H,2,3);(H2,2,3,4). The molecule has 8 heavy (non-hydrogen) atoms. The minimum absolute atomic E-state index is 0.389. The zero-order chi connectivity index (χ0) is 7.15. The van der Waals surface area contributed by atoms with E-state index in [4.69, 9.17) is 9.90 Å². The smallest absolute Gasteiger partial charge is 0.361 e. The number of carboxylic acid groups (broad SMARTS) is 1. The summed E-state index contributed by atoms with van der Waals surface area (Å²) in [6, 6.07) is 0. The van der Waals surface area contributed by atoms with Crippen LogP contribution in [-0.4, -0.2) is 13.9 Å². The number of hydrogen-bond donors (Lipinski definition) is 4. The van der Waals surface area contributed by atoms with Crippen LogP contribution >= 0.6 is 50.1 Å². The summed E-state index contributed by atoms with van der Waals surface area (Å²) in [5.74, 6) is 0. The summed E-state index contributed by atoms with van der Waals surface area (Å²) >= 11 is 14.3. The number of hydrogen-bond acceptors (Lipinski definition) is 2. The Labute approximate surface area is 68.9 Å². The molecule has 0 bridgehead atoms. The topological polar surface area (TPSA) is 37.3 Å². The van der Waals surface area contributed by atoms with E-state index in [9.17, 15) is 0 Å². The van der Waals surface area contributed by atoms with Crippen LogP contribution in [0.4, 0.5) is 4.79 Å². The Kier molecular flexibility index (Phi) is 10.9. The Hall–Kier alpha value is 0.610. The molecule has 0 aliphatic carbocycles. The molecular weight excluding hydrogens is 184 g/mol. The summed E-state index contributed by atoms with van der Waals surface area (Å²) in [5.41, 5.74) is 0. The van der Waals surface area contributed by atoms with Gasteiger partial charge in [-0.2, -0.15) is 0 Å². The van der Waals surface area contributed by atoms with Crippen molar-refractivity contribution in [2.75, 3.05) is 0 Å². The number of thiocarbonyl (C=S) groups is 1. The maximum absolute atomic E-state index is 8.86. The summed E-state index contributed by atoms with van der Waals surface area (Å²) in [6.45, 7) is 0. The van der Waals surface area contributed by atoms with Crippen molar-refractivity contribution < 1.29 is 9.90 Å². The fraction of sp³-hybridized carbons (Fsp3) is 0. The first-order chi connectivity index (χ1) is 3.46. The van der Waals surface area contributed by atoms with Crippen molar-refractivity contribution in [2.45, 2.75) is 0 Å². The Bertz CT molecular complexity index is 70.0. The molecule has 0 saturated heterocycles. The fourth-order valence-corrected chi connectivity index (χ4v) is 0. The zero-order valence-electron chi connectivity index (χ0n) is 3.61. The average molecular weight is 188 g/mol. The lowest BCUT2D eigenvalue weighted by molar-refractivity contribution is 0.222. The molecule has 0 amide bonds. The van der Waals surface area contributed by atoms with Crippen molar-refractivity contribution in [3.63, 3.8) is 0 Å². The summed E-state index contributed by atoms with van der Waals surface area (Å²) in [7, 11) is 0. The van der Waals surface area contributed by atoms with E-state index in [0.29, 0.717) is 3.53 Å². The molecule has 0 aromatic rings. The maximum atomic E-state index is 8.86. The highest BCUT2D eigenvalue weighted by molar-refractivity contribution is 8.34. The molecule has 0 aromatic heterocycles. The fourth-order valence-electron chi connectivity index (χ4n) is 0. The summed E-state index contributed by atoms with van der Waals surface area (Å²) in [5, 5.41) is 6.14. The molecule has 0 fully saturated rings. The highest BCUT2D eigenvalue weighted by atomic mass is 32.2. The van der Waals surface area contributed by atoms with Crippen LogP contribution in [0.1, 0.15) is 0 Å². The predicted molar refractivity (Wildman–Crippen MR) is 47.6 cm³/mol. The van der Waals surface area contributed by atoms with Crippen LogP contribution < -0.4 is 0 Å². The molecule has 0 saturated carbocycles. The molecule has 0 aliphatic rings. The highest BCUT2D eigenvalue weighted by Gasteiger charge is 1.67. The average Bonchev–Trinajstić information content (AvgIpc) is 1.25. The van der Waals surface area contributed by atoms with Gasteiger partial charge in [-0.3, -0.25) is 0 Å². The first-order valence-electron chi connectivity index (χ1n) is 1.30. The third-order valence-corrected chi connectivity index (χ3v) is 0. The Balaban J connectivity index is 0. The summed E-state index contributed by atoms with van der Waals surface area (Å²) < 4.78 is 0.389. The lowest BCUT2D eigenvalue weighted by atomic mass is 11.6. The van der Waals surface area contributed by atoms with Gasteiger partial charge >= 0.3 is 5.30 Å². The van der Waals surface area contributed by atoms with E-state index in [-0.39, 0.29) is 0 Å². The third-order valence-electron chi connectivity index (χ3n) is 0. The molecule has 0 aliphatic heterocycles. The maximum Gasteiger partial charge on any atom is 0.361 e. The van der Waals surface area contributed by atoms with Gasteiger partial charge in [-0.1, -0.05) is 24.8 Å². The second-order valence-electron chi connectivity index (χ2n) is 0.565. The van der Waals surface area contributed by atoms with Crippen LogP contribution in [0.5, 0.6) is 0 Å². The molecule has 0 aromatic carbocycles. The lowest BCUT2D eigenvalue weighted by Crippen LogP contribution is -1.67. The van der Waals surface area contributed by atoms with Crippen molar-refractivity contribution in [2.24, 2.45) is 0 Å². The number of carbonyl (C=O) groups is 1. The minimum atomic E-state index is -1.14. The van der Waals surface area contributed by atoms with Gasteiger partial charge in [0.05, 0.1) is 3.53 Å². The van der Waals surface area contributed by atoms with Crippen LogP contribution in [-0.2, 0) is 0 Å². The molecular formula is C2H4O2S4. The van der Waals surface area contributed by atoms with Crippen molar-refractivity contribution in [3.05, 3.63) is 0 Å². The second-order valence-corrected chi connectivity index (χ2v) is 3.21. The van der Waals surface area contributed by atoms with Gasteiger partial charge in [0.25, 0.3) is 0 Å². The van der Waals surface area contributed by atoms with Crippen LogP contribution in [0.2, 0.25) is 0 Å². The highest BCUT2D eigenvalue weighted by Crippen LogP contribution is 1.83. The quantitative estimate of drug-likeness (QED) is 0.345. The third kappa shape index (κ3) is 559. The van der Waals surface area contributed by atoms with Gasteiger partial charge < -0.3 is 5.11 Å². The first kappa shape index (κ1) is 11.4. The SMILES string of the molecule is O=C(O)S.S=C(S)S. The Morgan fingerprint density at radius 1 is 1.38 bits per heavy atom. The molecule has 0 rings (SSSR count). The van der Waals surface area contributed by atoms with Gasteiger partial charge in [-0.25, -0.2) is 4.79 Å². The van der Waals surface area contributed by atoms with Gasteiger partial charge in [0.15, 0.2) is 0 Å². The molecule has 0 spiro atoms. The van der Waals surface area contributed by atoms with Gasteiger partial charge in [0.1, 0.15) is 0 Å². The largest absolute Gasteiger partial charge is 0.473 e. The first-order valence-corrected chi connectivity index (χ1v) is 3.05. The molecule has 0 unspecified atom stereocenters. The van der Waals surface area contributed by atoms with Gasteiger partial charge in [-0.05, 0) is 0 Å². The summed E-state index contributed by atoms with van der Waals surface area (Å²) in [4.78, 5) is 8.86. The molecule has 1 N–H and O–H groups in total. The number of thiol groups is 3. The van der Waals surface area contributed by atoms with E-state index >= 15 is 0 Å². The predicted octanol–water partition coefficient (Wildman–Crippen LogP) is 1.73. The van der Waals surface area contributed by atoms with E-state index in [2.05, 4.69) is 50.1 Å². The van der Waals surface area contributed by atoms with Gasteiger partial charge in [0, 0.05) is 0 Å². The Morgan fingerprint density at radius 3 is 1.38 bits per heavy atom. The molecule has 0 radical (unpaired) electrons. The zero-order valence-corrected chi connectivity index (χ0v) is 7.11. The van der Waals surface area contributed by atoms with E-state index in [1.54, 1.807) is 0 Å². The van der Waals surface area contributed by atoms with Crippen molar-refractivity contribution >= 4 is 58.9 Å². The molecule has 0 heterocycles. The van der Waals surface area contributed by atoms with Crippen LogP contribution in [0, 0.1) is 0 Å². The second kappa shape index (κ2) is 7.61. The van der Waals surface area contributed by atoms with E-state index in [0.717, 1.165) is 0 Å². The van der Waals surface area contributed by atoms with Crippen LogP contribution in [0.25, 0.3) is 0 Å². The van der Waals surface area contributed by atoms with Crippen LogP contribution in [0.15, 0.2) is 0 Å². The van der Waals surface area contributed by atoms with E-state index < -0.39 is 5.30 Å². The molecule has 6 heteroatoms. The Morgan fingerprint density at radius 2 is 1.38 bits per heavy atom. The van der Waals surface area contributed by atoms with Gasteiger partial charge in [0.2, 0.25) is 0 Å². The van der Waals surface area contributed by atoms with Crippen LogP contribution in [0.3, 0.4) is 0 Å². The minimum Gasteiger partial charge on any atom is -0.473 e. The normalized spacial score (nSPS) is 6.38. The molecule has 2 nitrogen and oxygen atoms in total. The summed E-state index contributed by atoms with van der Waals surface area (Å²) in [6.07, 6.45) is 0. The van der Waals surface area contributed by atoms with Crippen molar-refractivity contribution in [3.8, 4) is 0 Å². The van der Waals surface area contributed by atoms with Gasteiger partial charge in [-0.15, -0.1) is 25.3 Å². The monoisotopic (exact) mass is 188 g/mol. The lowest BCUT2D eigenvalue weighted by Gasteiger charge is -1.59. The molecule has 48 valence electrons. The van der Waals surface area contributed by atoms with E-state index in [1.165, 1.54) is 0 Å². The molecule has 0 atom stereocenters. The van der Waals surface area contributed by atoms with E-state index in [1.807, 2.05) is 0 Å². The van der Waals surface area contributed by atoms with Crippen molar-refractivity contribution in [1.82, 2.24) is 0 Å². The number of rotatable bonds is 0.